The molecule has 1 heterocycles. The number of rotatable bonds is 7. The fourth-order valence-corrected chi connectivity index (χ4v) is 3.66. The first-order valence-corrected chi connectivity index (χ1v) is 9.93. The molecule has 0 bridgehead atoms. The van der Waals surface area contributed by atoms with Gasteiger partial charge in [0, 0.05) is 12.1 Å². The zero-order chi connectivity index (χ0) is 22.2. The van der Waals surface area contributed by atoms with Crippen LogP contribution in [0.1, 0.15) is 24.4 Å². The molecule has 1 saturated heterocycles. The Morgan fingerprint density at radius 3 is 2.52 bits per heavy atom. The van der Waals surface area contributed by atoms with E-state index in [1.807, 2.05) is 30.3 Å². The molecule has 2 aromatic carbocycles. The summed E-state index contributed by atoms with van der Waals surface area (Å²) in [4.78, 5) is 39.3. The molecule has 31 heavy (non-hydrogen) atoms. The van der Waals surface area contributed by atoms with Crippen molar-refractivity contribution in [1.29, 1.82) is 0 Å². The van der Waals surface area contributed by atoms with E-state index in [-0.39, 0.29) is 18.9 Å². The second-order valence-electron chi connectivity index (χ2n) is 7.05. The number of carbonyl (C=O) groups excluding carboxylic acids is 3. The van der Waals surface area contributed by atoms with Crippen LogP contribution in [0.3, 0.4) is 0 Å². The molecule has 1 fully saturated rings. The van der Waals surface area contributed by atoms with E-state index in [1.165, 1.54) is 0 Å². The SMILES string of the molecule is C#CCNC(=O)COC(=O)[C@H]1CCC(=O)N(c2ccc(OC)cc2)[C@@H]1c1ccccc1. The van der Waals surface area contributed by atoms with E-state index in [4.69, 9.17) is 15.9 Å². The maximum atomic E-state index is 12.9. The highest BCUT2D eigenvalue weighted by Crippen LogP contribution is 2.40. The van der Waals surface area contributed by atoms with Crippen LogP contribution < -0.4 is 15.0 Å². The molecule has 1 aliphatic heterocycles. The summed E-state index contributed by atoms with van der Waals surface area (Å²) < 4.78 is 10.5. The third-order valence-electron chi connectivity index (χ3n) is 5.12. The minimum atomic E-state index is -0.623. The van der Waals surface area contributed by atoms with E-state index >= 15 is 0 Å². The third kappa shape index (κ3) is 5.23. The van der Waals surface area contributed by atoms with Crippen molar-refractivity contribution in [2.24, 2.45) is 5.92 Å². The molecular formula is C24H24N2O5. The molecule has 0 aromatic heterocycles. The number of nitrogens with one attached hydrogen (secondary N) is 1. The molecule has 0 aliphatic carbocycles. The van der Waals surface area contributed by atoms with Gasteiger partial charge in [-0.05, 0) is 36.2 Å². The zero-order valence-corrected chi connectivity index (χ0v) is 17.2. The van der Waals surface area contributed by atoms with Crippen molar-refractivity contribution in [3.63, 3.8) is 0 Å². The van der Waals surface area contributed by atoms with Gasteiger partial charge in [0.05, 0.1) is 25.6 Å². The Labute approximate surface area is 181 Å². The number of hydrogen-bond donors (Lipinski definition) is 1. The molecule has 0 spiro atoms. The summed E-state index contributed by atoms with van der Waals surface area (Å²) in [5.41, 5.74) is 1.47. The first-order valence-electron chi connectivity index (χ1n) is 9.93. The fourth-order valence-electron chi connectivity index (χ4n) is 3.66. The van der Waals surface area contributed by atoms with Crippen molar-refractivity contribution in [1.82, 2.24) is 5.32 Å². The predicted octanol–water partition coefficient (Wildman–Crippen LogP) is 2.47. The van der Waals surface area contributed by atoms with Crippen LogP contribution in [0.4, 0.5) is 5.69 Å². The first-order chi connectivity index (χ1) is 15.0. The Kier molecular flexibility index (Phi) is 7.28. The summed E-state index contributed by atoms with van der Waals surface area (Å²) in [5.74, 6) is 1.24. The van der Waals surface area contributed by atoms with Gasteiger partial charge in [0.1, 0.15) is 5.75 Å². The van der Waals surface area contributed by atoms with Crippen LogP contribution >= 0.6 is 0 Å². The number of carbonyl (C=O) groups is 3. The summed E-state index contributed by atoms with van der Waals surface area (Å²) in [6.07, 6.45) is 5.64. The van der Waals surface area contributed by atoms with E-state index in [0.29, 0.717) is 17.9 Å². The summed E-state index contributed by atoms with van der Waals surface area (Å²) in [6.45, 7) is -0.360. The average molecular weight is 420 g/mol. The molecule has 0 radical (unpaired) electrons. The summed E-state index contributed by atoms with van der Waals surface area (Å²) >= 11 is 0. The Bertz CT molecular complexity index is 966. The number of amides is 2. The Morgan fingerprint density at radius 2 is 1.87 bits per heavy atom. The van der Waals surface area contributed by atoms with Crippen molar-refractivity contribution in [2.75, 3.05) is 25.2 Å². The number of anilines is 1. The molecule has 160 valence electrons. The van der Waals surface area contributed by atoms with Gasteiger partial charge in [-0.2, -0.15) is 0 Å². The number of terminal acetylenes is 1. The lowest BCUT2D eigenvalue weighted by Gasteiger charge is -2.40. The fraction of sp³-hybridized carbons (Fsp3) is 0.292. The molecule has 2 aromatic rings. The lowest BCUT2D eigenvalue weighted by Crippen LogP contribution is -2.46. The minimum Gasteiger partial charge on any atom is -0.497 e. The van der Waals surface area contributed by atoms with Crippen LogP contribution in [0, 0.1) is 18.3 Å². The van der Waals surface area contributed by atoms with Crippen LogP contribution in [0.25, 0.3) is 0 Å². The summed E-state index contributed by atoms with van der Waals surface area (Å²) in [6, 6.07) is 15.9. The summed E-state index contributed by atoms with van der Waals surface area (Å²) in [5, 5.41) is 2.46. The van der Waals surface area contributed by atoms with Gasteiger partial charge in [0.2, 0.25) is 5.91 Å². The highest BCUT2D eigenvalue weighted by Gasteiger charge is 2.42. The van der Waals surface area contributed by atoms with Crippen LogP contribution in [-0.4, -0.2) is 38.0 Å². The van der Waals surface area contributed by atoms with E-state index in [2.05, 4.69) is 11.2 Å². The monoisotopic (exact) mass is 420 g/mol. The number of hydrogen-bond acceptors (Lipinski definition) is 5. The number of piperidine rings is 1. The van der Waals surface area contributed by atoms with Crippen LogP contribution in [0.15, 0.2) is 54.6 Å². The average Bonchev–Trinajstić information content (AvgIpc) is 2.81. The zero-order valence-electron chi connectivity index (χ0n) is 17.2. The number of esters is 1. The molecule has 1 N–H and O–H groups in total. The molecule has 1 aliphatic rings. The van der Waals surface area contributed by atoms with Crippen LogP contribution in [0.2, 0.25) is 0 Å². The quantitative estimate of drug-likeness (QED) is 0.550. The maximum Gasteiger partial charge on any atom is 0.311 e. The number of benzene rings is 2. The van der Waals surface area contributed by atoms with Gasteiger partial charge in [-0.25, -0.2) is 0 Å². The van der Waals surface area contributed by atoms with E-state index in [1.54, 1.807) is 36.3 Å². The van der Waals surface area contributed by atoms with Crippen molar-refractivity contribution in [3.05, 3.63) is 60.2 Å². The molecule has 7 nitrogen and oxygen atoms in total. The first kappa shape index (κ1) is 21.9. The lowest BCUT2D eigenvalue weighted by atomic mass is 9.84. The van der Waals surface area contributed by atoms with Gasteiger partial charge in [0.25, 0.3) is 5.91 Å². The molecular weight excluding hydrogens is 396 g/mol. The molecule has 7 heteroatoms. The highest BCUT2D eigenvalue weighted by molar-refractivity contribution is 5.97. The number of nitrogens with zero attached hydrogens (tertiary/aromatic N) is 1. The van der Waals surface area contributed by atoms with Crippen LogP contribution in [-0.2, 0) is 19.1 Å². The smallest absolute Gasteiger partial charge is 0.311 e. The Balaban J connectivity index is 1.89. The number of methoxy groups -OCH3 is 1. The van der Waals surface area contributed by atoms with E-state index in [9.17, 15) is 14.4 Å². The van der Waals surface area contributed by atoms with Crippen LogP contribution in [0.5, 0.6) is 5.75 Å². The van der Waals surface area contributed by atoms with Gasteiger partial charge < -0.3 is 19.7 Å². The molecule has 2 atom stereocenters. The summed E-state index contributed by atoms with van der Waals surface area (Å²) in [7, 11) is 1.57. The van der Waals surface area contributed by atoms with Gasteiger partial charge in [-0.1, -0.05) is 36.3 Å². The minimum absolute atomic E-state index is 0.0617. The van der Waals surface area contributed by atoms with E-state index in [0.717, 1.165) is 5.56 Å². The molecule has 3 rings (SSSR count). The molecule has 0 saturated carbocycles. The maximum absolute atomic E-state index is 12.9. The lowest BCUT2D eigenvalue weighted by molar-refractivity contribution is -0.154. The second-order valence-corrected chi connectivity index (χ2v) is 7.05. The standard InChI is InChI=1S/C24H24N2O5/c1-3-15-25-21(27)16-31-24(29)20-13-14-22(28)26(18-9-11-19(30-2)12-10-18)23(20)17-7-5-4-6-8-17/h1,4-12,20,23H,13-16H2,2H3,(H,25,27)/t20-,23+/m0/s1. The highest BCUT2D eigenvalue weighted by atomic mass is 16.5. The van der Waals surface area contributed by atoms with Crippen molar-refractivity contribution in [3.8, 4) is 18.1 Å². The second kappa shape index (κ2) is 10.3. The molecule has 2 amide bonds. The normalized spacial score (nSPS) is 18.1. The van der Waals surface area contributed by atoms with Gasteiger partial charge in [0.15, 0.2) is 6.61 Å². The Hall–Kier alpha value is -3.79. The van der Waals surface area contributed by atoms with E-state index < -0.39 is 30.4 Å². The largest absolute Gasteiger partial charge is 0.497 e. The van der Waals surface area contributed by atoms with Gasteiger partial charge >= 0.3 is 5.97 Å². The molecule has 0 unspecified atom stereocenters. The topological polar surface area (TPSA) is 84.9 Å². The van der Waals surface area contributed by atoms with Crippen molar-refractivity contribution in [2.45, 2.75) is 18.9 Å². The predicted molar refractivity (Wildman–Crippen MR) is 115 cm³/mol. The van der Waals surface area contributed by atoms with Crippen molar-refractivity contribution >= 4 is 23.5 Å². The number of ether oxygens (including phenoxy) is 2. The van der Waals surface area contributed by atoms with Gasteiger partial charge in [-0.15, -0.1) is 6.42 Å². The third-order valence-corrected chi connectivity index (χ3v) is 5.12. The Morgan fingerprint density at radius 1 is 1.16 bits per heavy atom. The van der Waals surface area contributed by atoms with Crippen molar-refractivity contribution < 1.29 is 23.9 Å². The van der Waals surface area contributed by atoms with Gasteiger partial charge in [-0.3, -0.25) is 14.4 Å².